The molecule has 3 nitrogen and oxygen atoms in total. The molecule has 1 atom stereocenters. The minimum Gasteiger partial charge on any atom is -0.497 e. The van der Waals surface area contributed by atoms with Crippen LogP contribution in [0.2, 0.25) is 0 Å². The summed E-state index contributed by atoms with van der Waals surface area (Å²) in [6, 6.07) is 6.43. The van der Waals surface area contributed by atoms with Gasteiger partial charge in [-0.2, -0.15) is 0 Å². The quantitative estimate of drug-likeness (QED) is 0.941. The summed E-state index contributed by atoms with van der Waals surface area (Å²) < 4.78 is 8.62. The molecular weight excluding hydrogens is 280 g/mol. The summed E-state index contributed by atoms with van der Waals surface area (Å²) in [7, 11) is 5.74. The molecule has 0 aliphatic heterocycles. The van der Waals surface area contributed by atoms with Crippen LogP contribution in [0.3, 0.4) is 0 Å². The highest BCUT2D eigenvalue weighted by Crippen LogP contribution is 2.35. The van der Waals surface area contributed by atoms with E-state index in [-0.39, 0.29) is 0 Å². The second-order valence-electron chi connectivity index (χ2n) is 4.15. The van der Waals surface area contributed by atoms with E-state index in [0.717, 1.165) is 10.2 Å². The van der Waals surface area contributed by atoms with Gasteiger partial charge in [-0.3, -0.25) is 0 Å². The third-order valence-corrected chi connectivity index (χ3v) is 4.07. The van der Waals surface area contributed by atoms with Crippen molar-refractivity contribution in [2.75, 3.05) is 14.2 Å². The number of benzene rings is 1. The standard InChI is InChI=1S/C13H17BrN2O/c1-8(15-2)13-12(14)10-6-5-9(17-4)7-11(10)16(13)3/h5-8,15H,1-4H3. The Labute approximate surface area is 110 Å². The van der Waals surface area contributed by atoms with Crippen molar-refractivity contribution in [1.82, 2.24) is 9.88 Å². The van der Waals surface area contributed by atoms with Gasteiger partial charge in [0.05, 0.1) is 12.6 Å². The smallest absolute Gasteiger partial charge is 0.120 e. The van der Waals surface area contributed by atoms with Gasteiger partial charge in [-0.15, -0.1) is 0 Å². The lowest BCUT2D eigenvalue weighted by molar-refractivity contribution is 0.415. The van der Waals surface area contributed by atoms with E-state index < -0.39 is 0 Å². The van der Waals surface area contributed by atoms with E-state index in [1.807, 2.05) is 13.1 Å². The van der Waals surface area contributed by atoms with Crippen LogP contribution >= 0.6 is 15.9 Å². The van der Waals surface area contributed by atoms with E-state index in [9.17, 15) is 0 Å². The zero-order valence-corrected chi connectivity index (χ0v) is 12.1. The third-order valence-electron chi connectivity index (χ3n) is 3.23. The molecule has 2 rings (SSSR count). The predicted molar refractivity (Wildman–Crippen MR) is 74.6 cm³/mol. The summed E-state index contributed by atoms with van der Waals surface area (Å²) in [6.07, 6.45) is 0. The first-order valence-corrected chi connectivity index (χ1v) is 6.38. The molecule has 0 saturated carbocycles. The van der Waals surface area contributed by atoms with Gasteiger partial charge < -0.3 is 14.6 Å². The van der Waals surface area contributed by atoms with Gasteiger partial charge in [0.1, 0.15) is 5.75 Å². The molecular formula is C13H17BrN2O. The molecule has 0 bridgehead atoms. The highest BCUT2D eigenvalue weighted by Gasteiger charge is 2.17. The average Bonchev–Trinajstić information content (AvgIpc) is 2.60. The lowest BCUT2D eigenvalue weighted by Crippen LogP contribution is -2.15. The number of hydrogen-bond acceptors (Lipinski definition) is 2. The number of nitrogens with one attached hydrogen (secondary N) is 1. The summed E-state index contributed by atoms with van der Waals surface area (Å²) in [4.78, 5) is 0. The molecule has 1 N–H and O–H groups in total. The summed E-state index contributed by atoms with van der Waals surface area (Å²) >= 11 is 3.69. The fourth-order valence-corrected chi connectivity index (χ4v) is 3.08. The molecule has 1 heterocycles. The van der Waals surface area contributed by atoms with Gasteiger partial charge in [0.15, 0.2) is 0 Å². The Balaban J connectivity index is 2.71. The van der Waals surface area contributed by atoms with Crippen LogP contribution in [0, 0.1) is 0 Å². The summed E-state index contributed by atoms with van der Waals surface area (Å²) in [5.74, 6) is 0.884. The molecule has 1 aromatic carbocycles. The first-order chi connectivity index (χ1) is 8.10. The number of halogens is 1. The number of fused-ring (bicyclic) bond motifs is 1. The van der Waals surface area contributed by atoms with Crippen LogP contribution in [0.15, 0.2) is 22.7 Å². The van der Waals surface area contributed by atoms with E-state index >= 15 is 0 Å². The van der Waals surface area contributed by atoms with Crippen molar-refractivity contribution in [3.05, 3.63) is 28.4 Å². The van der Waals surface area contributed by atoms with Crippen LogP contribution in [0.1, 0.15) is 18.7 Å². The van der Waals surface area contributed by atoms with E-state index in [1.54, 1.807) is 7.11 Å². The number of aromatic nitrogens is 1. The largest absolute Gasteiger partial charge is 0.497 e. The maximum atomic E-state index is 5.27. The van der Waals surface area contributed by atoms with Crippen LogP contribution in [-0.2, 0) is 7.05 Å². The topological polar surface area (TPSA) is 26.2 Å². The third kappa shape index (κ3) is 1.96. The Morgan fingerprint density at radius 3 is 2.71 bits per heavy atom. The molecule has 0 amide bonds. The van der Waals surface area contributed by atoms with Crippen molar-refractivity contribution in [1.29, 1.82) is 0 Å². The number of rotatable bonds is 3. The van der Waals surface area contributed by atoms with E-state index in [0.29, 0.717) is 6.04 Å². The average molecular weight is 297 g/mol. The Morgan fingerprint density at radius 1 is 1.41 bits per heavy atom. The van der Waals surface area contributed by atoms with Crippen molar-refractivity contribution in [3.8, 4) is 5.75 Å². The van der Waals surface area contributed by atoms with E-state index in [2.05, 4.69) is 51.9 Å². The molecule has 0 aliphatic carbocycles. The van der Waals surface area contributed by atoms with Crippen molar-refractivity contribution in [2.24, 2.45) is 7.05 Å². The molecule has 0 aliphatic rings. The molecule has 1 unspecified atom stereocenters. The van der Waals surface area contributed by atoms with Gasteiger partial charge in [-0.25, -0.2) is 0 Å². The van der Waals surface area contributed by atoms with E-state index in [4.69, 9.17) is 4.74 Å². The van der Waals surface area contributed by atoms with Crippen molar-refractivity contribution < 1.29 is 4.74 Å². The monoisotopic (exact) mass is 296 g/mol. The number of nitrogens with zero attached hydrogens (tertiary/aromatic N) is 1. The predicted octanol–water partition coefficient (Wildman–Crippen LogP) is 3.23. The van der Waals surface area contributed by atoms with Crippen LogP contribution in [0.4, 0.5) is 0 Å². The fraction of sp³-hybridized carbons (Fsp3) is 0.385. The van der Waals surface area contributed by atoms with Crippen LogP contribution in [-0.4, -0.2) is 18.7 Å². The van der Waals surface area contributed by atoms with Crippen LogP contribution in [0.5, 0.6) is 5.75 Å². The SMILES string of the molecule is CNC(C)c1c(Br)c2ccc(OC)cc2n1C. The number of hydrogen-bond donors (Lipinski definition) is 1. The molecule has 17 heavy (non-hydrogen) atoms. The highest BCUT2D eigenvalue weighted by atomic mass is 79.9. The minimum absolute atomic E-state index is 0.299. The second kappa shape index (κ2) is 4.70. The Morgan fingerprint density at radius 2 is 2.12 bits per heavy atom. The number of ether oxygens (including phenoxy) is 1. The van der Waals surface area contributed by atoms with Gasteiger partial charge in [-0.1, -0.05) is 0 Å². The summed E-state index contributed by atoms with van der Waals surface area (Å²) in [6.45, 7) is 2.15. The maximum Gasteiger partial charge on any atom is 0.120 e. The normalized spacial score (nSPS) is 13.0. The lowest BCUT2D eigenvalue weighted by Gasteiger charge is -2.12. The Bertz CT molecular complexity index is 548. The molecule has 0 radical (unpaired) electrons. The van der Waals surface area contributed by atoms with Crippen LogP contribution in [0.25, 0.3) is 10.9 Å². The number of aryl methyl sites for hydroxylation is 1. The first kappa shape index (κ1) is 12.5. The zero-order valence-electron chi connectivity index (χ0n) is 10.5. The van der Waals surface area contributed by atoms with Gasteiger partial charge >= 0.3 is 0 Å². The minimum atomic E-state index is 0.299. The highest BCUT2D eigenvalue weighted by molar-refractivity contribution is 9.10. The van der Waals surface area contributed by atoms with Gasteiger partial charge in [-0.05, 0) is 42.0 Å². The Hall–Kier alpha value is -1.00. The molecule has 0 saturated heterocycles. The van der Waals surface area contributed by atoms with Gasteiger partial charge in [0.25, 0.3) is 0 Å². The molecule has 0 fully saturated rings. The van der Waals surface area contributed by atoms with Crippen molar-refractivity contribution >= 4 is 26.8 Å². The number of methoxy groups -OCH3 is 1. The maximum absolute atomic E-state index is 5.27. The summed E-state index contributed by atoms with van der Waals surface area (Å²) in [5, 5.41) is 4.48. The Kier molecular flexibility index (Phi) is 3.45. The molecule has 92 valence electrons. The van der Waals surface area contributed by atoms with Gasteiger partial charge in [0.2, 0.25) is 0 Å². The van der Waals surface area contributed by atoms with Crippen LogP contribution < -0.4 is 10.1 Å². The fourth-order valence-electron chi connectivity index (χ4n) is 2.13. The van der Waals surface area contributed by atoms with Gasteiger partial charge in [0, 0.05) is 34.7 Å². The second-order valence-corrected chi connectivity index (χ2v) is 4.94. The molecule has 2 aromatic rings. The first-order valence-electron chi connectivity index (χ1n) is 5.59. The summed E-state index contributed by atoms with van der Waals surface area (Å²) in [5.41, 5.74) is 2.42. The lowest BCUT2D eigenvalue weighted by atomic mass is 10.2. The van der Waals surface area contributed by atoms with E-state index in [1.165, 1.54) is 16.6 Å². The van der Waals surface area contributed by atoms with Crippen molar-refractivity contribution in [3.63, 3.8) is 0 Å². The molecule has 4 heteroatoms. The van der Waals surface area contributed by atoms with Crippen molar-refractivity contribution in [2.45, 2.75) is 13.0 Å². The molecule has 1 aromatic heterocycles. The molecule has 0 spiro atoms. The zero-order chi connectivity index (χ0) is 12.6.